The molecule has 0 bridgehead atoms. The van der Waals surface area contributed by atoms with Crippen LogP contribution in [0.15, 0.2) is 18.2 Å². The van der Waals surface area contributed by atoms with E-state index in [0.717, 1.165) is 12.8 Å². The maximum absolute atomic E-state index is 12.7. The number of benzene rings is 1. The Morgan fingerprint density at radius 2 is 2.18 bits per heavy atom. The number of rotatable bonds is 2. The van der Waals surface area contributed by atoms with Gasteiger partial charge in [-0.05, 0) is 18.1 Å². The van der Waals surface area contributed by atoms with Crippen LogP contribution in [-0.2, 0) is 6.42 Å². The molecule has 0 radical (unpaired) electrons. The number of phenolic OH excluding ortho intramolecular Hbond substituents is 1. The Labute approximate surface area is 65.5 Å². The van der Waals surface area contributed by atoms with Crippen LogP contribution >= 0.6 is 0 Å². The second kappa shape index (κ2) is 3.37. The van der Waals surface area contributed by atoms with Crippen molar-refractivity contribution in [1.29, 1.82) is 0 Å². The third-order valence-corrected chi connectivity index (χ3v) is 1.59. The molecular weight excluding hydrogens is 143 g/mol. The Kier molecular flexibility index (Phi) is 2.47. The molecule has 0 heterocycles. The van der Waals surface area contributed by atoms with Crippen molar-refractivity contribution in [2.75, 3.05) is 0 Å². The SMILES string of the molecule is CCCc1cccc(F)c1O. The van der Waals surface area contributed by atoms with Gasteiger partial charge in [0.15, 0.2) is 11.6 Å². The maximum atomic E-state index is 12.7. The lowest BCUT2D eigenvalue weighted by Crippen LogP contribution is -1.86. The number of hydrogen-bond acceptors (Lipinski definition) is 1. The summed E-state index contributed by atoms with van der Waals surface area (Å²) in [7, 11) is 0. The van der Waals surface area contributed by atoms with Crippen molar-refractivity contribution < 1.29 is 9.50 Å². The lowest BCUT2D eigenvalue weighted by Gasteiger charge is -2.01. The predicted molar refractivity (Wildman–Crippen MR) is 42.1 cm³/mol. The van der Waals surface area contributed by atoms with Gasteiger partial charge in [0, 0.05) is 0 Å². The second-order valence-corrected chi connectivity index (χ2v) is 2.50. The molecule has 0 saturated heterocycles. The molecule has 1 aromatic rings. The minimum atomic E-state index is -0.532. The first-order chi connectivity index (χ1) is 5.25. The summed E-state index contributed by atoms with van der Waals surface area (Å²) in [5.74, 6) is -0.731. The first kappa shape index (κ1) is 8.05. The van der Waals surface area contributed by atoms with Crippen LogP contribution in [0.25, 0.3) is 0 Å². The van der Waals surface area contributed by atoms with E-state index in [2.05, 4.69) is 0 Å². The van der Waals surface area contributed by atoms with Gasteiger partial charge in [-0.3, -0.25) is 0 Å². The minimum absolute atomic E-state index is 0.200. The third-order valence-electron chi connectivity index (χ3n) is 1.59. The Balaban J connectivity index is 2.96. The normalized spacial score (nSPS) is 10.0. The summed E-state index contributed by atoms with van der Waals surface area (Å²) in [5, 5.41) is 9.15. The van der Waals surface area contributed by atoms with Gasteiger partial charge in [-0.15, -0.1) is 0 Å². The van der Waals surface area contributed by atoms with Crippen molar-refractivity contribution in [3.8, 4) is 5.75 Å². The molecule has 2 heteroatoms. The van der Waals surface area contributed by atoms with Crippen molar-refractivity contribution in [3.63, 3.8) is 0 Å². The summed E-state index contributed by atoms with van der Waals surface area (Å²) in [5.41, 5.74) is 0.688. The quantitative estimate of drug-likeness (QED) is 0.693. The number of aromatic hydroxyl groups is 1. The molecule has 1 N–H and O–H groups in total. The Morgan fingerprint density at radius 3 is 2.82 bits per heavy atom. The van der Waals surface area contributed by atoms with Crippen molar-refractivity contribution in [2.24, 2.45) is 0 Å². The van der Waals surface area contributed by atoms with Gasteiger partial charge in [0.05, 0.1) is 0 Å². The van der Waals surface area contributed by atoms with Crippen LogP contribution in [-0.4, -0.2) is 5.11 Å². The largest absolute Gasteiger partial charge is 0.505 e. The molecule has 0 aromatic heterocycles. The fourth-order valence-electron chi connectivity index (χ4n) is 1.03. The summed E-state index contributed by atoms with van der Waals surface area (Å²) in [6, 6.07) is 4.61. The summed E-state index contributed by atoms with van der Waals surface area (Å²) in [6.45, 7) is 1.99. The van der Waals surface area contributed by atoms with E-state index in [1.54, 1.807) is 12.1 Å². The molecule has 0 aliphatic heterocycles. The monoisotopic (exact) mass is 154 g/mol. The van der Waals surface area contributed by atoms with Crippen LogP contribution in [0.1, 0.15) is 18.9 Å². The van der Waals surface area contributed by atoms with E-state index in [9.17, 15) is 4.39 Å². The van der Waals surface area contributed by atoms with Crippen molar-refractivity contribution in [3.05, 3.63) is 29.6 Å². The van der Waals surface area contributed by atoms with Gasteiger partial charge in [0.2, 0.25) is 0 Å². The molecule has 11 heavy (non-hydrogen) atoms. The van der Waals surface area contributed by atoms with E-state index in [4.69, 9.17) is 5.11 Å². The molecule has 0 spiro atoms. The average Bonchev–Trinajstić information content (AvgIpc) is 1.99. The van der Waals surface area contributed by atoms with Gasteiger partial charge in [-0.25, -0.2) is 4.39 Å². The van der Waals surface area contributed by atoms with E-state index < -0.39 is 5.82 Å². The molecule has 1 nitrogen and oxygen atoms in total. The second-order valence-electron chi connectivity index (χ2n) is 2.50. The minimum Gasteiger partial charge on any atom is -0.505 e. The highest BCUT2D eigenvalue weighted by Crippen LogP contribution is 2.21. The highest BCUT2D eigenvalue weighted by atomic mass is 19.1. The Hall–Kier alpha value is -1.05. The molecule has 60 valence electrons. The van der Waals surface area contributed by atoms with E-state index in [0.29, 0.717) is 5.56 Å². The summed E-state index contributed by atoms with van der Waals surface area (Å²) in [4.78, 5) is 0. The number of hydrogen-bond donors (Lipinski definition) is 1. The molecule has 0 amide bonds. The average molecular weight is 154 g/mol. The third kappa shape index (κ3) is 1.70. The molecule has 0 fully saturated rings. The fraction of sp³-hybridized carbons (Fsp3) is 0.333. The zero-order valence-corrected chi connectivity index (χ0v) is 6.47. The first-order valence-electron chi connectivity index (χ1n) is 3.72. The fourth-order valence-corrected chi connectivity index (χ4v) is 1.03. The lowest BCUT2D eigenvalue weighted by molar-refractivity contribution is 0.425. The van der Waals surface area contributed by atoms with Crippen molar-refractivity contribution >= 4 is 0 Å². The number of para-hydroxylation sites is 1. The molecule has 0 atom stereocenters. The number of phenols is 1. The summed E-state index contributed by atoms with van der Waals surface area (Å²) < 4.78 is 12.7. The topological polar surface area (TPSA) is 20.2 Å². The van der Waals surface area contributed by atoms with Crippen molar-refractivity contribution in [2.45, 2.75) is 19.8 Å². The van der Waals surface area contributed by atoms with E-state index in [1.165, 1.54) is 6.07 Å². The van der Waals surface area contributed by atoms with Crippen LogP contribution < -0.4 is 0 Å². The van der Waals surface area contributed by atoms with Gasteiger partial charge in [-0.2, -0.15) is 0 Å². The van der Waals surface area contributed by atoms with Gasteiger partial charge < -0.3 is 5.11 Å². The molecule has 1 rings (SSSR count). The molecule has 0 unspecified atom stereocenters. The highest BCUT2D eigenvalue weighted by Gasteiger charge is 2.03. The van der Waals surface area contributed by atoms with Crippen molar-refractivity contribution in [1.82, 2.24) is 0 Å². The van der Waals surface area contributed by atoms with E-state index in [-0.39, 0.29) is 5.75 Å². The number of halogens is 1. The molecule has 0 aliphatic rings. The smallest absolute Gasteiger partial charge is 0.165 e. The van der Waals surface area contributed by atoms with E-state index in [1.807, 2.05) is 6.92 Å². The van der Waals surface area contributed by atoms with Gasteiger partial charge in [0.1, 0.15) is 0 Å². The predicted octanol–water partition coefficient (Wildman–Crippen LogP) is 2.48. The van der Waals surface area contributed by atoms with E-state index >= 15 is 0 Å². The first-order valence-corrected chi connectivity index (χ1v) is 3.72. The zero-order valence-electron chi connectivity index (χ0n) is 6.47. The molecular formula is C9H11FO. The molecule has 0 aliphatic carbocycles. The highest BCUT2D eigenvalue weighted by molar-refractivity contribution is 5.33. The van der Waals surface area contributed by atoms with Gasteiger partial charge >= 0.3 is 0 Å². The van der Waals surface area contributed by atoms with Gasteiger partial charge in [-0.1, -0.05) is 25.5 Å². The summed E-state index contributed by atoms with van der Waals surface area (Å²) in [6.07, 6.45) is 1.64. The van der Waals surface area contributed by atoms with Crippen LogP contribution in [0.4, 0.5) is 4.39 Å². The van der Waals surface area contributed by atoms with Crippen LogP contribution in [0.3, 0.4) is 0 Å². The van der Waals surface area contributed by atoms with Gasteiger partial charge in [0.25, 0.3) is 0 Å². The lowest BCUT2D eigenvalue weighted by atomic mass is 10.1. The number of aryl methyl sites for hydroxylation is 1. The Bertz CT molecular complexity index is 245. The maximum Gasteiger partial charge on any atom is 0.165 e. The molecule has 0 saturated carbocycles. The molecule has 1 aromatic carbocycles. The van der Waals surface area contributed by atoms with Crippen LogP contribution in [0.5, 0.6) is 5.75 Å². The van der Waals surface area contributed by atoms with Crippen LogP contribution in [0.2, 0.25) is 0 Å². The van der Waals surface area contributed by atoms with Crippen LogP contribution in [0, 0.1) is 5.82 Å². The summed E-state index contributed by atoms with van der Waals surface area (Å²) >= 11 is 0. The Morgan fingerprint density at radius 1 is 1.45 bits per heavy atom. The zero-order chi connectivity index (χ0) is 8.27. The standard InChI is InChI=1S/C9H11FO/c1-2-4-7-5-3-6-8(10)9(7)11/h3,5-6,11H,2,4H2,1H3.